The summed E-state index contributed by atoms with van der Waals surface area (Å²) in [5.74, 6) is -0.463. The van der Waals surface area contributed by atoms with Gasteiger partial charge in [0, 0.05) is 0 Å². The molecular formula is C63H125NO4. The summed E-state index contributed by atoms with van der Waals surface area (Å²) >= 11 is 0. The first-order valence-corrected chi connectivity index (χ1v) is 31.5. The lowest BCUT2D eigenvalue weighted by atomic mass is 10.0. The van der Waals surface area contributed by atoms with Crippen molar-refractivity contribution in [3.8, 4) is 0 Å². The summed E-state index contributed by atoms with van der Waals surface area (Å²) in [6.45, 7) is 4.28. The molecule has 0 saturated carbocycles. The van der Waals surface area contributed by atoms with E-state index in [4.69, 9.17) is 0 Å². The van der Waals surface area contributed by atoms with Gasteiger partial charge >= 0.3 is 0 Å². The second kappa shape index (κ2) is 58.7. The molecule has 0 aromatic heterocycles. The summed E-state index contributed by atoms with van der Waals surface area (Å²) in [4.78, 5) is 12.6. The number of amides is 1. The van der Waals surface area contributed by atoms with E-state index in [0.29, 0.717) is 12.8 Å². The highest BCUT2D eigenvalue weighted by Crippen LogP contribution is 2.19. The molecule has 406 valence electrons. The summed E-state index contributed by atoms with van der Waals surface area (Å²) in [6, 6.07) is -0.709. The molecule has 5 heteroatoms. The maximum absolute atomic E-state index is 12.6. The number of hydrogen-bond donors (Lipinski definition) is 4. The Labute approximate surface area is 427 Å². The first-order valence-electron chi connectivity index (χ1n) is 31.5. The van der Waals surface area contributed by atoms with Crippen LogP contribution in [0.1, 0.15) is 361 Å². The van der Waals surface area contributed by atoms with Crippen LogP contribution in [0, 0.1) is 0 Å². The van der Waals surface area contributed by atoms with Crippen molar-refractivity contribution < 1.29 is 20.1 Å². The van der Waals surface area contributed by atoms with Crippen LogP contribution in [0.5, 0.6) is 0 Å². The average molecular weight is 961 g/mol. The number of nitrogens with one attached hydrogen (secondary N) is 1. The van der Waals surface area contributed by atoms with Crippen LogP contribution in [0.15, 0.2) is 12.2 Å². The van der Waals surface area contributed by atoms with Crippen LogP contribution in [0.4, 0.5) is 0 Å². The maximum Gasteiger partial charge on any atom is 0.249 e. The minimum absolute atomic E-state index is 0.309. The highest BCUT2D eigenvalue weighted by atomic mass is 16.3. The Balaban J connectivity index is 3.44. The van der Waals surface area contributed by atoms with Crippen LogP contribution in [0.25, 0.3) is 0 Å². The van der Waals surface area contributed by atoms with Crippen molar-refractivity contribution in [3.63, 3.8) is 0 Å². The van der Waals surface area contributed by atoms with Crippen molar-refractivity contribution in [2.75, 3.05) is 6.61 Å². The largest absolute Gasteiger partial charge is 0.394 e. The number of carbonyl (C=O) groups is 1. The van der Waals surface area contributed by atoms with Crippen LogP contribution < -0.4 is 5.32 Å². The molecule has 0 fully saturated rings. The molecule has 3 unspecified atom stereocenters. The first-order chi connectivity index (χ1) is 33.6. The molecule has 5 nitrogen and oxygen atoms in total. The fourth-order valence-corrected chi connectivity index (χ4v) is 10.3. The topological polar surface area (TPSA) is 89.8 Å². The van der Waals surface area contributed by atoms with Gasteiger partial charge in [0.05, 0.1) is 18.8 Å². The number of unbranched alkanes of at least 4 members (excludes halogenated alkanes) is 49. The molecular weight excluding hydrogens is 835 g/mol. The number of aliphatic hydroxyl groups is 3. The van der Waals surface area contributed by atoms with Crippen molar-refractivity contribution in [3.05, 3.63) is 12.2 Å². The van der Waals surface area contributed by atoms with Crippen LogP contribution in [-0.4, -0.2) is 46.1 Å². The zero-order valence-electron chi connectivity index (χ0n) is 46.5. The standard InChI is InChI=1S/C63H125NO4/c1-3-5-7-9-11-13-15-17-19-21-23-24-25-26-27-28-29-30-31-32-33-34-35-36-37-38-39-40-42-44-46-48-50-52-54-56-58-62(67)63(68)64-60(59-65)61(66)57-55-53-51-49-47-45-43-41-22-20-18-16-14-12-10-8-6-4-2/h30-31,60-62,65-67H,3-29,32-59H2,1-2H3,(H,64,68)/b31-30-. The third kappa shape index (κ3) is 52.9. The Morgan fingerprint density at radius 3 is 0.809 bits per heavy atom. The average Bonchev–Trinajstić information content (AvgIpc) is 3.34. The smallest absolute Gasteiger partial charge is 0.249 e. The third-order valence-corrected chi connectivity index (χ3v) is 15.1. The predicted molar refractivity (Wildman–Crippen MR) is 301 cm³/mol. The van der Waals surface area contributed by atoms with Gasteiger partial charge in [-0.25, -0.2) is 0 Å². The maximum atomic E-state index is 12.6. The minimum Gasteiger partial charge on any atom is -0.394 e. The van der Waals surface area contributed by atoms with Crippen molar-refractivity contribution in [2.45, 2.75) is 379 Å². The Morgan fingerprint density at radius 2 is 0.559 bits per heavy atom. The summed E-state index contributed by atoms with van der Waals surface area (Å²) in [5, 5.41) is 33.6. The number of allylic oxidation sites excluding steroid dienone is 2. The molecule has 3 atom stereocenters. The minimum atomic E-state index is -1.07. The van der Waals surface area contributed by atoms with Crippen molar-refractivity contribution >= 4 is 5.91 Å². The normalized spacial score (nSPS) is 13.2. The Kier molecular flexibility index (Phi) is 57.9. The molecule has 0 aliphatic rings. The molecule has 0 radical (unpaired) electrons. The molecule has 68 heavy (non-hydrogen) atoms. The van der Waals surface area contributed by atoms with Gasteiger partial charge in [0.15, 0.2) is 0 Å². The summed E-state index contributed by atoms with van der Waals surface area (Å²) < 4.78 is 0. The molecule has 0 rings (SSSR count). The lowest BCUT2D eigenvalue weighted by Crippen LogP contribution is -2.49. The van der Waals surface area contributed by atoms with Gasteiger partial charge in [-0.15, -0.1) is 0 Å². The quantitative estimate of drug-likeness (QED) is 0.0361. The van der Waals surface area contributed by atoms with E-state index >= 15 is 0 Å². The van der Waals surface area contributed by atoms with Gasteiger partial charge in [-0.1, -0.05) is 334 Å². The summed E-state index contributed by atoms with van der Waals surface area (Å²) in [7, 11) is 0. The monoisotopic (exact) mass is 960 g/mol. The van der Waals surface area contributed by atoms with Gasteiger partial charge in [-0.3, -0.25) is 4.79 Å². The molecule has 0 spiro atoms. The fraction of sp³-hybridized carbons (Fsp3) is 0.952. The van der Waals surface area contributed by atoms with Crippen LogP contribution in [0.3, 0.4) is 0 Å². The number of carbonyl (C=O) groups excluding carboxylic acids is 1. The van der Waals surface area contributed by atoms with E-state index in [2.05, 4.69) is 31.3 Å². The van der Waals surface area contributed by atoms with E-state index in [1.807, 2.05) is 0 Å². The Hall–Kier alpha value is -0.910. The van der Waals surface area contributed by atoms with Crippen molar-refractivity contribution in [1.82, 2.24) is 5.32 Å². The molecule has 0 heterocycles. The van der Waals surface area contributed by atoms with Gasteiger partial charge < -0.3 is 20.6 Å². The summed E-state index contributed by atoms with van der Waals surface area (Å²) in [5.41, 5.74) is 0. The number of hydrogen-bond acceptors (Lipinski definition) is 4. The van der Waals surface area contributed by atoms with E-state index in [1.165, 1.54) is 302 Å². The zero-order chi connectivity index (χ0) is 49.3. The van der Waals surface area contributed by atoms with Crippen molar-refractivity contribution in [1.29, 1.82) is 0 Å². The Bertz CT molecular complexity index is 971. The SMILES string of the molecule is CCCCCCCCCCCCCCCCCC/C=C\CCCCCCCCCCCCCCCCCCC(O)C(=O)NC(CO)C(O)CCCCCCCCCCCCCCCCCCCC. The molecule has 4 N–H and O–H groups in total. The van der Waals surface area contributed by atoms with E-state index in [-0.39, 0.29) is 6.61 Å². The highest BCUT2D eigenvalue weighted by Gasteiger charge is 2.23. The molecule has 0 bridgehead atoms. The lowest BCUT2D eigenvalue weighted by molar-refractivity contribution is -0.131. The van der Waals surface area contributed by atoms with Gasteiger partial charge in [-0.2, -0.15) is 0 Å². The number of aliphatic hydroxyl groups excluding tert-OH is 3. The van der Waals surface area contributed by atoms with Gasteiger partial charge in [-0.05, 0) is 38.5 Å². The van der Waals surface area contributed by atoms with E-state index in [0.717, 1.165) is 32.1 Å². The summed E-state index contributed by atoms with van der Waals surface area (Å²) in [6.07, 6.45) is 74.4. The molecule has 0 aliphatic carbocycles. The predicted octanol–water partition coefficient (Wildman–Crippen LogP) is 19.8. The lowest BCUT2D eigenvalue weighted by Gasteiger charge is -2.23. The number of rotatable bonds is 59. The van der Waals surface area contributed by atoms with Crippen LogP contribution >= 0.6 is 0 Å². The van der Waals surface area contributed by atoms with Gasteiger partial charge in [0.1, 0.15) is 6.10 Å². The molecule has 0 aromatic rings. The molecule has 1 amide bonds. The zero-order valence-corrected chi connectivity index (χ0v) is 46.5. The second-order valence-corrected chi connectivity index (χ2v) is 22.0. The van der Waals surface area contributed by atoms with E-state index in [9.17, 15) is 20.1 Å². The third-order valence-electron chi connectivity index (χ3n) is 15.1. The van der Waals surface area contributed by atoms with Crippen LogP contribution in [-0.2, 0) is 4.79 Å². The van der Waals surface area contributed by atoms with E-state index < -0.39 is 24.2 Å². The fourth-order valence-electron chi connectivity index (χ4n) is 10.3. The van der Waals surface area contributed by atoms with Gasteiger partial charge in [0.25, 0.3) is 0 Å². The van der Waals surface area contributed by atoms with Crippen molar-refractivity contribution in [2.24, 2.45) is 0 Å². The molecule has 0 aliphatic heterocycles. The molecule has 0 saturated heterocycles. The highest BCUT2D eigenvalue weighted by molar-refractivity contribution is 5.80. The van der Waals surface area contributed by atoms with Gasteiger partial charge in [0.2, 0.25) is 5.91 Å². The first kappa shape index (κ1) is 67.1. The second-order valence-electron chi connectivity index (χ2n) is 22.0. The Morgan fingerprint density at radius 1 is 0.338 bits per heavy atom. The van der Waals surface area contributed by atoms with Crippen LogP contribution in [0.2, 0.25) is 0 Å². The molecule has 0 aromatic carbocycles. The van der Waals surface area contributed by atoms with E-state index in [1.54, 1.807) is 0 Å².